The number of imidazole rings is 1. The quantitative estimate of drug-likeness (QED) is 0.492. The molecule has 0 radical (unpaired) electrons. The third-order valence-electron chi connectivity index (χ3n) is 4.37. The van der Waals surface area contributed by atoms with E-state index in [4.69, 9.17) is 4.98 Å². The van der Waals surface area contributed by atoms with Gasteiger partial charge in [-0.05, 0) is 48.5 Å². The molecule has 4 rings (SSSR count). The molecule has 0 unspecified atom stereocenters. The molecule has 0 spiro atoms. The topological polar surface area (TPSA) is 30.7 Å². The Balaban J connectivity index is 1.93. The van der Waals surface area contributed by atoms with E-state index in [0.717, 1.165) is 33.4 Å². The Morgan fingerprint density at radius 3 is 2.38 bits per heavy atom. The first kappa shape index (κ1) is 16.7. The molecular formula is C21H20FN3Si. The minimum Gasteiger partial charge on any atom is -0.300 e. The fourth-order valence-corrected chi connectivity index (χ4v) is 4.50. The molecule has 0 aliphatic rings. The van der Waals surface area contributed by atoms with Gasteiger partial charge in [0.15, 0.2) is 0 Å². The van der Waals surface area contributed by atoms with Crippen LogP contribution in [-0.2, 0) is 0 Å². The molecule has 130 valence electrons. The van der Waals surface area contributed by atoms with E-state index in [0.29, 0.717) is 0 Å². The first-order valence-electron chi connectivity index (χ1n) is 8.64. The van der Waals surface area contributed by atoms with Crippen molar-refractivity contribution in [3.8, 4) is 16.9 Å². The Morgan fingerprint density at radius 1 is 0.923 bits per heavy atom. The highest BCUT2D eigenvalue weighted by Gasteiger charge is 2.25. The largest absolute Gasteiger partial charge is 0.300 e. The number of aromatic nitrogens is 3. The Bertz CT molecular complexity index is 1080. The average Bonchev–Trinajstić information content (AvgIpc) is 3.02. The fourth-order valence-electron chi connectivity index (χ4n) is 3.13. The van der Waals surface area contributed by atoms with Crippen molar-refractivity contribution in [1.82, 2.24) is 14.5 Å². The lowest BCUT2D eigenvalue weighted by Crippen LogP contribution is -2.44. The van der Waals surface area contributed by atoms with Gasteiger partial charge in [0.25, 0.3) is 0 Å². The van der Waals surface area contributed by atoms with Crippen molar-refractivity contribution in [1.29, 1.82) is 0 Å². The van der Waals surface area contributed by atoms with Gasteiger partial charge in [-0.15, -0.1) is 0 Å². The summed E-state index contributed by atoms with van der Waals surface area (Å²) < 4.78 is 15.5. The highest BCUT2D eigenvalue weighted by molar-refractivity contribution is 6.87. The lowest BCUT2D eigenvalue weighted by Gasteiger charge is -2.19. The molecule has 0 saturated carbocycles. The lowest BCUT2D eigenvalue weighted by atomic mass is 10.1. The third-order valence-corrected chi connectivity index (χ3v) is 6.05. The van der Waals surface area contributed by atoms with Gasteiger partial charge >= 0.3 is 0 Å². The van der Waals surface area contributed by atoms with E-state index in [9.17, 15) is 4.39 Å². The summed E-state index contributed by atoms with van der Waals surface area (Å²) in [4.78, 5) is 9.41. The van der Waals surface area contributed by atoms with Gasteiger partial charge in [-0.1, -0.05) is 31.8 Å². The predicted molar refractivity (Wildman–Crippen MR) is 107 cm³/mol. The molecule has 0 N–H and O–H groups in total. The Morgan fingerprint density at radius 2 is 1.65 bits per heavy atom. The van der Waals surface area contributed by atoms with Crippen LogP contribution in [0.25, 0.3) is 28.0 Å². The van der Waals surface area contributed by atoms with Gasteiger partial charge in [0, 0.05) is 11.8 Å². The van der Waals surface area contributed by atoms with Crippen LogP contribution in [0.3, 0.4) is 0 Å². The summed E-state index contributed by atoms with van der Waals surface area (Å²) in [6.45, 7) is 6.90. The molecule has 0 amide bonds. The van der Waals surface area contributed by atoms with E-state index in [1.807, 2.05) is 24.3 Å². The number of halogens is 1. The van der Waals surface area contributed by atoms with Gasteiger partial charge in [0.05, 0.1) is 27.9 Å². The molecule has 3 nitrogen and oxygen atoms in total. The Kier molecular flexibility index (Phi) is 3.96. The number of para-hydroxylation sites is 2. The summed E-state index contributed by atoms with van der Waals surface area (Å²) in [5.41, 5.74) is 5.99. The number of fused-ring (bicyclic) bond motifs is 1. The first-order valence-corrected chi connectivity index (χ1v) is 12.1. The average molecular weight is 361 g/mol. The maximum Gasteiger partial charge on any atom is 0.123 e. The van der Waals surface area contributed by atoms with Gasteiger partial charge in [-0.2, -0.15) is 0 Å². The Labute approximate surface area is 153 Å². The van der Waals surface area contributed by atoms with E-state index in [1.54, 1.807) is 18.3 Å². The van der Waals surface area contributed by atoms with Crippen LogP contribution >= 0.6 is 0 Å². The number of pyridine rings is 1. The SMILES string of the molecule is C[Si](C)(C)c1nc2ccccc2n1-c1ccnc(-c2ccc(F)cc2)c1. The minimum absolute atomic E-state index is 0.244. The second-order valence-corrected chi connectivity index (χ2v) is 12.4. The van der Waals surface area contributed by atoms with Gasteiger partial charge < -0.3 is 4.57 Å². The molecule has 0 fully saturated rings. The highest BCUT2D eigenvalue weighted by atomic mass is 28.3. The number of benzene rings is 2. The highest BCUT2D eigenvalue weighted by Crippen LogP contribution is 2.23. The van der Waals surface area contributed by atoms with Crippen LogP contribution in [-0.4, -0.2) is 22.6 Å². The van der Waals surface area contributed by atoms with Crippen molar-refractivity contribution in [2.75, 3.05) is 0 Å². The van der Waals surface area contributed by atoms with Crippen molar-refractivity contribution in [3.05, 3.63) is 72.7 Å². The standard InChI is InChI=1S/C21H20FN3Si/c1-26(2,3)21-24-18-6-4-5-7-20(18)25(21)17-12-13-23-19(14-17)15-8-10-16(22)11-9-15/h4-14H,1-3H3. The summed E-state index contributed by atoms with van der Waals surface area (Å²) in [5, 5.41) is 0. The van der Waals surface area contributed by atoms with Crippen LogP contribution in [0.15, 0.2) is 66.9 Å². The van der Waals surface area contributed by atoms with Crippen LogP contribution in [0.4, 0.5) is 4.39 Å². The molecule has 2 heterocycles. The second-order valence-electron chi connectivity index (χ2n) is 7.42. The third kappa shape index (κ3) is 2.95. The minimum atomic E-state index is -1.67. The van der Waals surface area contributed by atoms with Crippen molar-refractivity contribution >= 4 is 24.6 Å². The molecule has 0 bridgehead atoms. The van der Waals surface area contributed by atoms with Crippen molar-refractivity contribution in [2.24, 2.45) is 0 Å². The lowest BCUT2D eigenvalue weighted by molar-refractivity contribution is 0.628. The van der Waals surface area contributed by atoms with Crippen molar-refractivity contribution in [3.63, 3.8) is 0 Å². The molecule has 0 aliphatic carbocycles. The van der Waals surface area contributed by atoms with E-state index in [2.05, 4.69) is 41.3 Å². The molecule has 0 atom stereocenters. The van der Waals surface area contributed by atoms with Crippen LogP contribution < -0.4 is 5.45 Å². The number of rotatable bonds is 3. The van der Waals surface area contributed by atoms with Crippen LogP contribution in [0, 0.1) is 5.82 Å². The summed E-state index contributed by atoms with van der Waals surface area (Å²) in [6, 6.07) is 18.7. The predicted octanol–water partition coefficient (Wildman–Crippen LogP) is 4.77. The smallest absolute Gasteiger partial charge is 0.123 e. The van der Waals surface area contributed by atoms with Gasteiger partial charge in [-0.25, -0.2) is 9.37 Å². The van der Waals surface area contributed by atoms with E-state index in [-0.39, 0.29) is 5.82 Å². The molecule has 5 heteroatoms. The van der Waals surface area contributed by atoms with Crippen molar-refractivity contribution < 1.29 is 4.39 Å². The fraction of sp³-hybridized carbons (Fsp3) is 0.143. The maximum absolute atomic E-state index is 13.2. The first-order chi connectivity index (χ1) is 12.4. The zero-order chi connectivity index (χ0) is 18.3. The van der Waals surface area contributed by atoms with E-state index < -0.39 is 8.07 Å². The molecule has 2 aromatic carbocycles. The van der Waals surface area contributed by atoms with E-state index >= 15 is 0 Å². The zero-order valence-corrected chi connectivity index (χ0v) is 16.1. The summed E-state index contributed by atoms with van der Waals surface area (Å²) in [7, 11) is -1.67. The molecule has 0 aliphatic heterocycles. The van der Waals surface area contributed by atoms with Gasteiger partial charge in [0.1, 0.15) is 13.9 Å². The maximum atomic E-state index is 13.2. The monoisotopic (exact) mass is 361 g/mol. The van der Waals surface area contributed by atoms with Crippen LogP contribution in [0.2, 0.25) is 19.6 Å². The second kappa shape index (κ2) is 6.18. The molecular weight excluding hydrogens is 341 g/mol. The molecule has 26 heavy (non-hydrogen) atoms. The summed E-state index contributed by atoms with van der Waals surface area (Å²) >= 11 is 0. The normalized spacial score (nSPS) is 11.8. The Hall–Kier alpha value is -2.79. The molecule has 4 aromatic rings. The van der Waals surface area contributed by atoms with Gasteiger partial charge in [0.2, 0.25) is 0 Å². The number of hydrogen-bond donors (Lipinski definition) is 0. The zero-order valence-electron chi connectivity index (χ0n) is 15.1. The summed E-state index contributed by atoms with van der Waals surface area (Å²) in [6.07, 6.45) is 1.80. The summed E-state index contributed by atoms with van der Waals surface area (Å²) in [5.74, 6) is -0.244. The number of hydrogen-bond acceptors (Lipinski definition) is 2. The van der Waals surface area contributed by atoms with Crippen molar-refractivity contribution in [2.45, 2.75) is 19.6 Å². The van der Waals surface area contributed by atoms with Crippen LogP contribution in [0.5, 0.6) is 0 Å². The van der Waals surface area contributed by atoms with Gasteiger partial charge in [-0.3, -0.25) is 4.98 Å². The molecule has 0 saturated heterocycles. The van der Waals surface area contributed by atoms with E-state index in [1.165, 1.54) is 12.1 Å². The van der Waals surface area contributed by atoms with Crippen LogP contribution in [0.1, 0.15) is 0 Å². The number of nitrogens with zero attached hydrogens (tertiary/aromatic N) is 3. The molecule has 2 aromatic heterocycles.